The number of carbonyl (C=O) groups excluding carboxylic acids is 1. The highest BCUT2D eigenvalue weighted by molar-refractivity contribution is 6.32. The monoisotopic (exact) mass is 497 g/mol. The minimum Gasteiger partial charge on any atom is -0.379 e. The third-order valence-corrected chi connectivity index (χ3v) is 6.36. The maximum atomic E-state index is 12.6. The molecule has 0 aliphatic carbocycles. The number of anilines is 2. The predicted octanol–water partition coefficient (Wildman–Crippen LogP) is 1.40. The number of morpholine rings is 1. The molecule has 0 spiro atoms. The SMILES string of the molecule is Cn1cc(CN2C/C(=C\c3cc(C(=O)NCCN4CCOCC4)c[nH]3)c3c(Cl)nc(N)nc32)cn1. The van der Waals surface area contributed by atoms with Gasteiger partial charge in [-0.1, -0.05) is 11.6 Å². The lowest BCUT2D eigenvalue weighted by Gasteiger charge is -2.26. The second-order valence-corrected chi connectivity index (χ2v) is 9.03. The van der Waals surface area contributed by atoms with E-state index in [0.29, 0.717) is 36.2 Å². The maximum Gasteiger partial charge on any atom is 0.252 e. The average molecular weight is 498 g/mol. The summed E-state index contributed by atoms with van der Waals surface area (Å²) in [5.74, 6) is 0.700. The molecule has 1 amide bonds. The highest BCUT2D eigenvalue weighted by Crippen LogP contribution is 2.40. The largest absolute Gasteiger partial charge is 0.379 e. The Balaban J connectivity index is 1.30. The van der Waals surface area contributed by atoms with Crippen LogP contribution in [0.15, 0.2) is 24.7 Å². The van der Waals surface area contributed by atoms with Crippen molar-refractivity contribution < 1.29 is 9.53 Å². The number of halogens is 1. The van der Waals surface area contributed by atoms with Gasteiger partial charge in [-0.2, -0.15) is 10.1 Å². The second kappa shape index (κ2) is 10.1. The van der Waals surface area contributed by atoms with E-state index in [-0.39, 0.29) is 11.9 Å². The van der Waals surface area contributed by atoms with Crippen molar-refractivity contribution in [2.45, 2.75) is 6.54 Å². The lowest BCUT2D eigenvalue weighted by molar-refractivity contribution is 0.0383. The smallest absolute Gasteiger partial charge is 0.252 e. The number of hydrogen-bond acceptors (Lipinski definition) is 8. The number of carbonyl (C=O) groups is 1. The first-order chi connectivity index (χ1) is 17.0. The molecule has 0 atom stereocenters. The molecular weight excluding hydrogens is 470 g/mol. The fourth-order valence-corrected chi connectivity index (χ4v) is 4.69. The number of aryl methyl sites for hydroxylation is 1. The third kappa shape index (κ3) is 5.31. The van der Waals surface area contributed by atoms with Crippen molar-refractivity contribution in [3.05, 3.63) is 52.2 Å². The summed E-state index contributed by atoms with van der Waals surface area (Å²) in [6.07, 6.45) is 7.46. The zero-order chi connectivity index (χ0) is 24.4. The number of aromatic amines is 1. The van der Waals surface area contributed by atoms with Gasteiger partial charge in [0.15, 0.2) is 0 Å². The number of H-pyrrole nitrogens is 1. The molecule has 0 saturated carbocycles. The molecule has 1 saturated heterocycles. The van der Waals surface area contributed by atoms with E-state index >= 15 is 0 Å². The Morgan fingerprint density at radius 3 is 2.94 bits per heavy atom. The molecule has 0 unspecified atom stereocenters. The maximum absolute atomic E-state index is 12.6. The molecule has 0 radical (unpaired) electrons. The average Bonchev–Trinajstić information content (AvgIpc) is 3.55. The minimum absolute atomic E-state index is 0.113. The zero-order valence-electron chi connectivity index (χ0n) is 19.5. The van der Waals surface area contributed by atoms with Gasteiger partial charge in [0.25, 0.3) is 5.91 Å². The van der Waals surface area contributed by atoms with E-state index in [0.717, 1.165) is 55.2 Å². The minimum atomic E-state index is -0.113. The van der Waals surface area contributed by atoms with Crippen LogP contribution in [-0.4, -0.2) is 81.5 Å². The number of aromatic nitrogens is 5. The molecule has 35 heavy (non-hydrogen) atoms. The molecule has 4 N–H and O–H groups in total. The van der Waals surface area contributed by atoms with Crippen LogP contribution in [0.4, 0.5) is 11.8 Å². The lowest BCUT2D eigenvalue weighted by Crippen LogP contribution is -2.41. The number of nitrogen functional groups attached to an aromatic ring is 1. The van der Waals surface area contributed by atoms with Crippen LogP contribution >= 0.6 is 11.6 Å². The van der Waals surface area contributed by atoms with E-state index in [1.807, 2.05) is 31.6 Å². The van der Waals surface area contributed by atoms with Gasteiger partial charge in [0.1, 0.15) is 11.0 Å². The highest BCUT2D eigenvalue weighted by atomic mass is 35.5. The molecule has 12 heteroatoms. The summed E-state index contributed by atoms with van der Waals surface area (Å²) in [5.41, 5.74) is 9.98. The van der Waals surface area contributed by atoms with Gasteiger partial charge in [-0.15, -0.1) is 0 Å². The molecule has 5 rings (SSSR count). The number of nitrogens with one attached hydrogen (secondary N) is 2. The Hall–Kier alpha value is -3.41. The molecule has 0 aromatic carbocycles. The predicted molar refractivity (Wildman–Crippen MR) is 134 cm³/mol. The molecule has 1 fully saturated rings. The van der Waals surface area contributed by atoms with E-state index < -0.39 is 0 Å². The van der Waals surface area contributed by atoms with Crippen molar-refractivity contribution in [2.75, 3.05) is 56.6 Å². The number of amides is 1. The van der Waals surface area contributed by atoms with E-state index in [1.54, 1.807) is 10.9 Å². The van der Waals surface area contributed by atoms with Gasteiger partial charge in [-0.25, -0.2) is 4.98 Å². The normalized spacial score (nSPS) is 17.2. The number of nitrogens with two attached hydrogens (primary N) is 1. The van der Waals surface area contributed by atoms with Crippen molar-refractivity contribution in [1.82, 2.24) is 34.9 Å². The molecule has 184 valence electrons. The lowest BCUT2D eigenvalue weighted by atomic mass is 10.1. The Kier molecular flexibility index (Phi) is 6.71. The fraction of sp³-hybridized carbons (Fsp3) is 0.391. The van der Waals surface area contributed by atoms with Crippen molar-refractivity contribution in [1.29, 1.82) is 0 Å². The number of fused-ring (bicyclic) bond motifs is 1. The summed E-state index contributed by atoms with van der Waals surface area (Å²) in [4.78, 5) is 28.8. The third-order valence-electron chi connectivity index (χ3n) is 6.09. The molecule has 0 bridgehead atoms. The van der Waals surface area contributed by atoms with Gasteiger partial charge < -0.3 is 25.7 Å². The first kappa shape index (κ1) is 23.3. The standard InChI is InChI=1S/C23H28ClN9O2/c1-31-12-15(10-28-31)13-33-14-17(19-20(24)29-23(25)30-21(19)33)9-18-8-16(11-27-18)22(34)26-2-3-32-4-6-35-7-5-32/h8-12,27H,2-7,13-14H2,1H3,(H,26,34)(H2,25,29,30)/b17-9+. The highest BCUT2D eigenvalue weighted by Gasteiger charge is 2.29. The Labute approximate surface area is 207 Å². The topological polar surface area (TPSA) is 130 Å². The van der Waals surface area contributed by atoms with Gasteiger partial charge in [-0.05, 0) is 17.7 Å². The molecule has 5 heterocycles. The molecule has 2 aliphatic heterocycles. The van der Waals surface area contributed by atoms with Crippen molar-refractivity contribution >= 4 is 40.9 Å². The van der Waals surface area contributed by atoms with Crippen LogP contribution in [0, 0.1) is 0 Å². The molecular formula is C23H28ClN9O2. The molecule has 11 nitrogen and oxygen atoms in total. The van der Waals surface area contributed by atoms with Crippen molar-refractivity contribution in [2.24, 2.45) is 7.05 Å². The molecule has 2 aliphatic rings. The Morgan fingerprint density at radius 1 is 1.34 bits per heavy atom. The van der Waals surface area contributed by atoms with Gasteiger partial charge in [0, 0.05) is 70.0 Å². The first-order valence-electron chi connectivity index (χ1n) is 11.5. The quantitative estimate of drug-likeness (QED) is 0.417. The van der Waals surface area contributed by atoms with Gasteiger partial charge >= 0.3 is 0 Å². The van der Waals surface area contributed by atoms with Gasteiger partial charge in [0.05, 0.1) is 30.5 Å². The number of nitrogens with zero attached hydrogens (tertiary/aromatic N) is 6. The number of ether oxygens (including phenoxy) is 1. The number of hydrogen-bond donors (Lipinski definition) is 3. The van der Waals surface area contributed by atoms with Crippen LogP contribution in [0.1, 0.15) is 27.2 Å². The summed E-state index contributed by atoms with van der Waals surface area (Å²) < 4.78 is 7.12. The van der Waals surface area contributed by atoms with Gasteiger partial charge in [-0.3, -0.25) is 14.4 Å². The van der Waals surface area contributed by atoms with Crippen molar-refractivity contribution in [3.8, 4) is 0 Å². The van der Waals surface area contributed by atoms with Crippen molar-refractivity contribution in [3.63, 3.8) is 0 Å². The van der Waals surface area contributed by atoms with Crippen LogP contribution in [-0.2, 0) is 18.3 Å². The number of rotatable bonds is 7. The molecule has 3 aromatic heterocycles. The molecule has 3 aromatic rings. The van der Waals surface area contributed by atoms with E-state index in [2.05, 4.69) is 35.2 Å². The van der Waals surface area contributed by atoms with E-state index in [4.69, 9.17) is 22.1 Å². The Morgan fingerprint density at radius 2 is 2.17 bits per heavy atom. The zero-order valence-corrected chi connectivity index (χ0v) is 20.3. The van der Waals surface area contributed by atoms with Crippen LogP contribution in [0.3, 0.4) is 0 Å². The van der Waals surface area contributed by atoms with E-state index in [1.165, 1.54) is 0 Å². The summed E-state index contributed by atoms with van der Waals surface area (Å²) in [6, 6.07) is 1.83. The van der Waals surface area contributed by atoms with Crippen LogP contribution in [0.5, 0.6) is 0 Å². The summed E-state index contributed by atoms with van der Waals surface area (Å²) in [6.45, 7) is 5.86. The fourth-order valence-electron chi connectivity index (χ4n) is 4.39. The first-order valence-corrected chi connectivity index (χ1v) is 11.9. The Bertz CT molecular complexity index is 1250. The van der Waals surface area contributed by atoms with Crippen LogP contribution in [0.2, 0.25) is 5.15 Å². The second-order valence-electron chi connectivity index (χ2n) is 8.67. The summed E-state index contributed by atoms with van der Waals surface area (Å²) >= 11 is 6.48. The van der Waals surface area contributed by atoms with Crippen LogP contribution < -0.4 is 16.0 Å². The van der Waals surface area contributed by atoms with Gasteiger partial charge in [0.2, 0.25) is 5.95 Å². The van der Waals surface area contributed by atoms with E-state index in [9.17, 15) is 4.79 Å². The summed E-state index contributed by atoms with van der Waals surface area (Å²) in [7, 11) is 1.88. The summed E-state index contributed by atoms with van der Waals surface area (Å²) in [5, 5.41) is 7.54. The van der Waals surface area contributed by atoms with Crippen LogP contribution in [0.25, 0.3) is 11.6 Å².